The van der Waals surface area contributed by atoms with Crippen LogP contribution in [0.5, 0.6) is 0 Å². The molecular formula is C12H13N3. The summed E-state index contributed by atoms with van der Waals surface area (Å²) < 4.78 is 1.92. The van der Waals surface area contributed by atoms with E-state index in [1.54, 1.807) is 0 Å². The van der Waals surface area contributed by atoms with E-state index in [2.05, 4.69) is 22.2 Å². The number of fused-ring (bicyclic) bond motifs is 1. The summed E-state index contributed by atoms with van der Waals surface area (Å²) in [6, 6.07) is 4.16. The minimum absolute atomic E-state index is 1.13. The largest absolute Gasteiger partial charge is 0.268 e. The molecule has 0 radical (unpaired) electrons. The van der Waals surface area contributed by atoms with Gasteiger partial charge in [-0.25, -0.2) is 0 Å². The highest BCUT2D eigenvalue weighted by atomic mass is 15.3. The maximum atomic E-state index is 4.43. The van der Waals surface area contributed by atoms with Crippen molar-refractivity contribution < 1.29 is 0 Å². The fourth-order valence-corrected chi connectivity index (χ4v) is 2.34. The zero-order valence-electron chi connectivity index (χ0n) is 8.77. The molecule has 1 aliphatic carbocycles. The van der Waals surface area contributed by atoms with E-state index < -0.39 is 0 Å². The molecule has 0 unspecified atom stereocenters. The summed E-state index contributed by atoms with van der Waals surface area (Å²) in [4.78, 5) is 4.43. The van der Waals surface area contributed by atoms with Gasteiger partial charge in [-0.3, -0.25) is 9.67 Å². The van der Waals surface area contributed by atoms with E-state index in [4.69, 9.17) is 0 Å². The first-order valence-corrected chi connectivity index (χ1v) is 5.31. The summed E-state index contributed by atoms with van der Waals surface area (Å²) in [5.41, 5.74) is 5.18. The van der Waals surface area contributed by atoms with E-state index in [0.29, 0.717) is 0 Å². The summed E-state index contributed by atoms with van der Waals surface area (Å²) in [7, 11) is 1.98. The van der Waals surface area contributed by atoms with E-state index in [9.17, 15) is 0 Å². The van der Waals surface area contributed by atoms with Gasteiger partial charge in [-0.2, -0.15) is 5.10 Å². The van der Waals surface area contributed by atoms with Crippen LogP contribution in [0.1, 0.15) is 17.7 Å². The average molecular weight is 199 g/mol. The highest BCUT2D eigenvalue weighted by molar-refractivity contribution is 5.65. The van der Waals surface area contributed by atoms with Crippen molar-refractivity contribution >= 4 is 0 Å². The monoisotopic (exact) mass is 199 g/mol. The molecule has 1 aliphatic rings. The zero-order valence-corrected chi connectivity index (χ0v) is 8.77. The van der Waals surface area contributed by atoms with Gasteiger partial charge < -0.3 is 0 Å². The smallest absolute Gasteiger partial charge is 0.0682 e. The lowest BCUT2D eigenvalue weighted by Crippen LogP contribution is -1.97. The van der Waals surface area contributed by atoms with E-state index in [1.807, 2.05) is 24.1 Å². The van der Waals surface area contributed by atoms with Gasteiger partial charge in [-0.15, -0.1) is 0 Å². The third-order valence-corrected chi connectivity index (χ3v) is 3.08. The normalized spacial score (nSPS) is 14.2. The van der Waals surface area contributed by atoms with Gasteiger partial charge in [0.05, 0.1) is 5.69 Å². The third kappa shape index (κ3) is 1.27. The molecule has 0 aliphatic heterocycles. The maximum Gasteiger partial charge on any atom is 0.0682 e. The lowest BCUT2D eigenvalue weighted by Gasteiger charge is -2.07. The van der Waals surface area contributed by atoms with Gasteiger partial charge in [-0.05, 0) is 37.0 Å². The van der Waals surface area contributed by atoms with Gasteiger partial charge in [0, 0.05) is 30.7 Å². The number of rotatable bonds is 1. The number of aromatic nitrogens is 3. The number of pyridine rings is 1. The Morgan fingerprint density at radius 3 is 2.93 bits per heavy atom. The summed E-state index contributed by atoms with van der Waals surface area (Å²) in [5, 5.41) is 4.21. The molecule has 2 aromatic heterocycles. The molecule has 3 rings (SSSR count). The first kappa shape index (κ1) is 8.65. The molecule has 0 bridgehead atoms. The SMILES string of the molecule is Cn1nccc1-c1ccnc2c1CCC2. The lowest BCUT2D eigenvalue weighted by atomic mass is 10.1. The Kier molecular flexibility index (Phi) is 1.84. The summed E-state index contributed by atoms with van der Waals surface area (Å²) in [6.07, 6.45) is 7.27. The zero-order chi connectivity index (χ0) is 10.3. The summed E-state index contributed by atoms with van der Waals surface area (Å²) in [5.74, 6) is 0. The minimum Gasteiger partial charge on any atom is -0.268 e. The molecule has 15 heavy (non-hydrogen) atoms. The Labute approximate surface area is 88.8 Å². The van der Waals surface area contributed by atoms with E-state index in [1.165, 1.54) is 28.9 Å². The van der Waals surface area contributed by atoms with Crippen molar-refractivity contribution in [3.8, 4) is 11.3 Å². The molecule has 0 amide bonds. The second-order valence-corrected chi connectivity index (χ2v) is 3.98. The topological polar surface area (TPSA) is 30.7 Å². The number of aryl methyl sites for hydroxylation is 2. The van der Waals surface area contributed by atoms with Crippen molar-refractivity contribution in [3.63, 3.8) is 0 Å². The highest BCUT2D eigenvalue weighted by Crippen LogP contribution is 2.30. The van der Waals surface area contributed by atoms with Crippen molar-refractivity contribution in [2.45, 2.75) is 19.3 Å². The van der Waals surface area contributed by atoms with Crippen molar-refractivity contribution in [2.75, 3.05) is 0 Å². The second-order valence-electron chi connectivity index (χ2n) is 3.98. The Morgan fingerprint density at radius 1 is 1.20 bits per heavy atom. The molecule has 3 nitrogen and oxygen atoms in total. The maximum absolute atomic E-state index is 4.43. The predicted molar refractivity (Wildman–Crippen MR) is 58.5 cm³/mol. The molecule has 0 fully saturated rings. The predicted octanol–water partition coefficient (Wildman–Crippen LogP) is 1.97. The molecule has 0 saturated carbocycles. The first-order chi connectivity index (χ1) is 7.36. The van der Waals surface area contributed by atoms with Crippen LogP contribution in [-0.2, 0) is 19.9 Å². The first-order valence-electron chi connectivity index (χ1n) is 5.31. The van der Waals surface area contributed by atoms with Crippen LogP contribution in [-0.4, -0.2) is 14.8 Å². The Hall–Kier alpha value is -1.64. The summed E-state index contributed by atoms with van der Waals surface area (Å²) in [6.45, 7) is 0. The van der Waals surface area contributed by atoms with Crippen molar-refractivity contribution in [2.24, 2.45) is 7.05 Å². The molecule has 0 N–H and O–H groups in total. The van der Waals surface area contributed by atoms with Gasteiger partial charge >= 0.3 is 0 Å². The molecular weight excluding hydrogens is 186 g/mol. The van der Waals surface area contributed by atoms with Gasteiger partial charge in [0.2, 0.25) is 0 Å². The second kappa shape index (κ2) is 3.19. The fourth-order valence-electron chi connectivity index (χ4n) is 2.34. The van der Waals surface area contributed by atoms with Gasteiger partial charge in [0.15, 0.2) is 0 Å². The van der Waals surface area contributed by atoms with Crippen molar-refractivity contribution in [1.82, 2.24) is 14.8 Å². The lowest BCUT2D eigenvalue weighted by molar-refractivity contribution is 0.774. The van der Waals surface area contributed by atoms with Crippen LogP contribution in [0.15, 0.2) is 24.5 Å². The molecule has 0 aromatic carbocycles. The molecule has 2 aromatic rings. The van der Waals surface area contributed by atoms with Crippen LogP contribution in [0.25, 0.3) is 11.3 Å². The van der Waals surface area contributed by atoms with E-state index >= 15 is 0 Å². The molecule has 3 heteroatoms. The third-order valence-electron chi connectivity index (χ3n) is 3.08. The van der Waals surface area contributed by atoms with Gasteiger partial charge in [0.1, 0.15) is 0 Å². The average Bonchev–Trinajstić information content (AvgIpc) is 2.85. The Balaban J connectivity index is 2.21. The van der Waals surface area contributed by atoms with E-state index in [-0.39, 0.29) is 0 Å². The number of nitrogens with zero attached hydrogens (tertiary/aromatic N) is 3. The summed E-state index contributed by atoms with van der Waals surface area (Å²) >= 11 is 0. The number of hydrogen-bond donors (Lipinski definition) is 0. The van der Waals surface area contributed by atoms with Crippen LogP contribution >= 0.6 is 0 Å². The molecule has 0 atom stereocenters. The molecule has 2 heterocycles. The minimum atomic E-state index is 1.13. The van der Waals surface area contributed by atoms with Crippen LogP contribution in [0.4, 0.5) is 0 Å². The van der Waals surface area contributed by atoms with Gasteiger partial charge in [0.25, 0.3) is 0 Å². The highest BCUT2D eigenvalue weighted by Gasteiger charge is 2.17. The molecule has 0 spiro atoms. The molecule has 76 valence electrons. The van der Waals surface area contributed by atoms with Crippen LogP contribution < -0.4 is 0 Å². The quantitative estimate of drug-likeness (QED) is 0.703. The Bertz CT molecular complexity index is 499. The van der Waals surface area contributed by atoms with Gasteiger partial charge in [-0.1, -0.05) is 0 Å². The molecule has 0 saturated heterocycles. The van der Waals surface area contributed by atoms with E-state index in [0.717, 1.165) is 12.8 Å². The standard InChI is InChI=1S/C12H13N3/c1-15-12(6-8-14-15)10-5-7-13-11-4-2-3-9(10)11/h5-8H,2-4H2,1H3. The van der Waals surface area contributed by atoms with Crippen LogP contribution in [0.2, 0.25) is 0 Å². The number of hydrogen-bond acceptors (Lipinski definition) is 2. The van der Waals surface area contributed by atoms with Crippen LogP contribution in [0.3, 0.4) is 0 Å². The van der Waals surface area contributed by atoms with Crippen molar-refractivity contribution in [1.29, 1.82) is 0 Å². The van der Waals surface area contributed by atoms with Crippen LogP contribution in [0, 0.1) is 0 Å². The Morgan fingerprint density at radius 2 is 2.13 bits per heavy atom. The van der Waals surface area contributed by atoms with Crippen molar-refractivity contribution in [3.05, 3.63) is 35.8 Å². The fraction of sp³-hybridized carbons (Fsp3) is 0.333.